The number of methoxy groups -OCH3 is 2. The first-order valence-electron chi connectivity index (χ1n) is 5.84. The Hall–Kier alpha value is -1.78. The highest BCUT2D eigenvalue weighted by Gasteiger charge is 2.45. The number of hydrogen-bond acceptors (Lipinski definition) is 5. The van der Waals surface area contributed by atoms with Gasteiger partial charge in [-0.05, 0) is 25.5 Å². The number of carbonyl (C=O) groups is 2. The van der Waals surface area contributed by atoms with Crippen molar-refractivity contribution >= 4 is 11.9 Å². The summed E-state index contributed by atoms with van der Waals surface area (Å²) < 4.78 is 9.35. The maximum atomic E-state index is 11.8. The lowest BCUT2D eigenvalue weighted by Crippen LogP contribution is -2.41. The summed E-state index contributed by atoms with van der Waals surface area (Å²) in [6, 6.07) is 0.297. The molecule has 5 nitrogen and oxygen atoms in total. The highest BCUT2D eigenvalue weighted by atomic mass is 16.5. The lowest BCUT2D eigenvalue weighted by molar-refractivity contribution is -0.161. The van der Waals surface area contributed by atoms with Crippen LogP contribution in [0.2, 0.25) is 0 Å². The van der Waals surface area contributed by atoms with Gasteiger partial charge in [-0.1, -0.05) is 6.92 Å². The summed E-state index contributed by atoms with van der Waals surface area (Å²) in [6.07, 6.45) is 7.40. The molecular formula is C13H19NO4. The molecular weight excluding hydrogens is 234 g/mol. The van der Waals surface area contributed by atoms with Crippen LogP contribution in [0.3, 0.4) is 0 Å². The number of carbonyl (C=O) groups excluding carboxylic acids is 2. The van der Waals surface area contributed by atoms with Crippen molar-refractivity contribution in [3.8, 4) is 0 Å². The Labute approximate surface area is 107 Å². The Morgan fingerprint density at radius 1 is 1.17 bits per heavy atom. The van der Waals surface area contributed by atoms with Gasteiger partial charge in [0.15, 0.2) is 0 Å². The van der Waals surface area contributed by atoms with Crippen LogP contribution in [0.25, 0.3) is 0 Å². The first kappa shape index (κ1) is 14.3. The fraction of sp³-hybridized carbons (Fsp3) is 0.538. The summed E-state index contributed by atoms with van der Waals surface area (Å²) in [5.41, 5.74) is -1.46. The van der Waals surface area contributed by atoms with E-state index in [9.17, 15) is 9.59 Å². The molecule has 0 saturated heterocycles. The molecule has 0 radical (unpaired) electrons. The highest BCUT2D eigenvalue weighted by molar-refractivity contribution is 6.04. The third-order valence-electron chi connectivity index (χ3n) is 3.17. The molecule has 0 aromatic carbocycles. The summed E-state index contributed by atoms with van der Waals surface area (Å²) in [4.78, 5) is 25.5. The predicted octanol–water partition coefficient (Wildman–Crippen LogP) is 1.46. The molecule has 1 heterocycles. The van der Waals surface area contributed by atoms with Crippen LogP contribution in [-0.2, 0) is 19.1 Å². The molecule has 0 amide bonds. The predicted molar refractivity (Wildman–Crippen MR) is 66.3 cm³/mol. The Morgan fingerprint density at radius 2 is 1.61 bits per heavy atom. The fourth-order valence-corrected chi connectivity index (χ4v) is 1.71. The van der Waals surface area contributed by atoms with E-state index >= 15 is 0 Å². The molecule has 1 atom stereocenters. The zero-order chi connectivity index (χ0) is 13.8. The summed E-state index contributed by atoms with van der Waals surface area (Å²) >= 11 is 0. The van der Waals surface area contributed by atoms with Crippen molar-refractivity contribution < 1.29 is 19.1 Å². The van der Waals surface area contributed by atoms with Crippen LogP contribution in [0.15, 0.2) is 24.6 Å². The first-order valence-corrected chi connectivity index (χ1v) is 5.84. The van der Waals surface area contributed by atoms with Gasteiger partial charge in [-0.15, -0.1) is 0 Å². The number of esters is 2. The van der Waals surface area contributed by atoms with E-state index in [-0.39, 0.29) is 0 Å². The van der Waals surface area contributed by atoms with Gasteiger partial charge in [0.05, 0.1) is 14.2 Å². The number of nitrogens with zero attached hydrogens (tertiary/aromatic N) is 1. The Kier molecular flexibility index (Phi) is 4.53. The lowest BCUT2D eigenvalue weighted by atomic mass is 9.86. The number of hydrogen-bond donors (Lipinski definition) is 0. The Bertz CT molecular complexity index is 354. The van der Waals surface area contributed by atoms with Crippen molar-refractivity contribution in [3.05, 3.63) is 24.6 Å². The van der Waals surface area contributed by atoms with Crippen LogP contribution >= 0.6 is 0 Å². The lowest BCUT2D eigenvalue weighted by Gasteiger charge is -2.30. The van der Waals surface area contributed by atoms with E-state index in [0.717, 1.165) is 6.42 Å². The average molecular weight is 253 g/mol. The topological polar surface area (TPSA) is 55.8 Å². The van der Waals surface area contributed by atoms with E-state index in [0.29, 0.717) is 6.04 Å². The summed E-state index contributed by atoms with van der Waals surface area (Å²) in [5, 5.41) is 0. The largest absolute Gasteiger partial charge is 0.468 e. The van der Waals surface area contributed by atoms with Crippen molar-refractivity contribution in [3.63, 3.8) is 0 Å². The second kappa shape index (κ2) is 5.71. The van der Waals surface area contributed by atoms with E-state index in [1.165, 1.54) is 26.4 Å². The summed E-state index contributed by atoms with van der Waals surface area (Å²) in [6.45, 7) is 4.12. The molecule has 18 heavy (non-hydrogen) atoms. The van der Waals surface area contributed by atoms with E-state index in [2.05, 4.69) is 23.3 Å². The van der Waals surface area contributed by atoms with Crippen LogP contribution in [0.4, 0.5) is 0 Å². The van der Waals surface area contributed by atoms with Gasteiger partial charge in [-0.2, -0.15) is 0 Å². The third kappa shape index (κ3) is 2.39. The molecule has 1 aliphatic rings. The van der Waals surface area contributed by atoms with Crippen molar-refractivity contribution in [2.45, 2.75) is 26.3 Å². The van der Waals surface area contributed by atoms with E-state index in [1.807, 2.05) is 4.90 Å². The molecule has 0 aromatic heterocycles. The summed E-state index contributed by atoms with van der Waals surface area (Å²) in [7, 11) is 2.49. The highest BCUT2D eigenvalue weighted by Crippen LogP contribution is 2.29. The second-order valence-corrected chi connectivity index (χ2v) is 4.19. The van der Waals surface area contributed by atoms with Crippen molar-refractivity contribution in [2.75, 3.05) is 14.2 Å². The van der Waals surface area contributed by atoms with Crippen LogP contribution in [0.5, 0.6) is 0 Å². The zero-order valence-corrected chi connectivity index (χ0v) is 11.2. The van der Waals surface area contributed by atoms with Crippen molar-refractivity contribution in [1.82, 2.24) is 4.90 Å². The average Bonchev–Trinajstić information content (AvgIpc) is 2.44. The maximum absolute atomic E-state index is 11.8. The molecule has 0 N–H and O–H groups in total. The van der Waals surface area contributed by atoms with Gasteiger partial charge in [0, 0.05) is 18.4 Å². The number of rotatable bonds is 4. The Morgan fingerprint density at radius 3 is 1.94 bits per heavy atom. The van der Waals surface area contributed by atoms with Crippen LogP contribution in [0.1, 0.15) is 20.3 Å². The van der Waals surface area contributed by atoms with Crippen molar-refractivity contribution in [2.24, 2.45) is 5.41 Å². The smallest absolute Gasteiger partial charge is 0.331 e. The van der Waals surface area contributed by atoms with Gasteiger partial charge in [-0.3, -0.25) is 9.59 Å². The van der Waals surface area contributed by atoms with Crippen LogP contribution in [-0.4, -0.2) is 37.1 Å². The molecule has 0 aromatic rings. The minimum atomic E-state index is -1.46. The summed E-state index contributed by atoms with van der Waals surface area (Å²) in [5.74, 6) is -1.30. The SMILES string of the molecule is CC[C@H](C)N1C=CC(C(=O)OC)(C(=O)OC)C=C1. The van der Waals surface area contributed by atoms with Gasteiger partial charge in [0.1, 0.15) is 0 Å². The third-order valence-corrected chi connectivity index (χ3v) is 3.17. The Balaban J connectivity index is 3.02. The van der Waals surface area contributed by atoms with Gasteiger partial charge in [0.25, 0.3) is 0 Å². The van der Waals surface area contributed by atoms with Gasteiger partial charge in [-0.25, -0.2) is 0 Å². The second-order valence-electron chi connectivity index (χ2n) is 4.19. The molecule has 0 fully saturated rings. The quantitative estimate of drug-likeness (QED) is 0.561. The van der Waals surface area contributed by atoms with Gasteiger partial charge >= 0.3 is 11.9 Å². The zero-order valence-electron chi connectivity index (χ0n) is 11.2. The van der Waals surface area contributed by atoms with Crippen LogP contribution in [0, 0.1) is 5.41 Å². The molecule has 1 rings (SSSR count). The number of ether oxygens (including phenoxy) is 2. The molecule has 0 bridgehead atoms. The molecule has 0 aliphatic carbocycles. The van der Waals surface area contributed by atoms with E-state index in [4.69, 9.17) is 0 Å². The normalized spacial score (nSPS) is 18.3. The standard InChI is InChI=1S/C13H19NO4/c1-5-10(2)14-8-6-13(7-9-14,11(15)17-3)12(16)18-4/h6-10H,5H2,1-4H3/t10-/m0/s1. The van der Waals surface area contributed by atoms with Crippen molar-refractivity contribution in [1.29, 1.82) is 0 Å². The molecule has 5 heteroatoms. The fourth-order valence-electron chi connectivity index (χ4n) is 1.71. The minimum absolute atomic E-state index is 0.297. The van der Waals surface area contributed by atoms with Gasteiger partial charge < -0.3 is 14.4 Å². The molecule has 0 unspecified atom stereocenters. The maximum Gasteiger partial charge on any atom is 0.331 e. The van der Waals surface area contributed by atoms with Gasteiger partial charge in [0.2, 0.25) is 5.41 Å². The molecule has 100 valence electrons. The first-order chi connectivity index (χ1) is 8.51. The van der Waals surface area contributed by atoms with E-state index < -0.39 is 17.4 Å². The minimum Gasteiger partial charge on any atom is -0.468 e. The van der Waals surface area contributed by atoms with Crippen LogP contribution < -0.4 is 0 Å². The monoisotopic (exact) mass is 253 g/mol. The van der Waals surface area contributed by atoms with E-state index in [1.54, 1.807) is 12.4 Å². The molecule has 0 spiro atoms. The molecule has 1 aliphatic heterocycles. The molecule has 0 saturated carbocycles.